The lowest BCUT2D eigenvalue weighted by atomic mass is 9.96. The lowest BCUT2D eigenvalue weighted by Crippen LogP contribution is -2.32. The Labute approximate surface area is 118 Å². The molecule has 1 heterocycles. The van der Waals surface area contributed by atoms with Gasteiger partial charge in [0.15, 0.2) is 5.60 Å². The van der Waals surface area contributed by atoms with E-state index in [1.54, 1.807) is 12.2 Å². The second-order valence-electron chi connectivity index (χ2n) is 4.89. The van der Waals surface area contributed by atoms with Gasteiger partial charge in [-0.25, -0.2) is 4.79 Å². The maximum Gasteiger partial charge on any atom is 0.342 e. The predicted molar refractivity (Wildman–Crippen MR) is 74.0 cm³/mol. The number of carbonyl (C=O) groups is 2. The number of aliphatic hydroxyl groups is 1. The average Bonchev–Trinajstić information content (AvgIpc) is 2.56. The number of ether oxygens (including phenoxy) is 1. The first-order valence-corrected chi connectivity index (χ1v) is 6.54. The van der Waals surface area contributed by atoms with E-state index in [4.69, 9.17) is 9.84 Å². The van der Waals surface area contributed by atoms with Crippen LogP contribution in [0.5, 0.6) is 0 Å². The summed E-state index contributed by atoms with van der Waals surface area (Å²) < 4.78 is 5.49. The normalized spacial score (nSPS) is 24.7. The zero-order valence-electron chi connectivity index (χ0n) is 11.9. The summed E-state index contributed by atoms with van der Waals surface area (Å²) in [7, 11) is 0. The number of aliphatic hydroxyl groups excluding tert-OH is 1. The second kappa shape index (κ2) is 6.52. The molecule has 2 atom stereocenters. The monoisotopic (exact) mass is 280 g/mol. The van der Waals surface area contributed by atoms with Gasteiger partial charge in [-0.1, -0.05) is 25.2 Å². The van der Waals surface area contributed by atoms with Gasteiger partial charge in [-0.05, 0) is 26.3 Å². The second-order valence-corrected chi connectivity index (χ2v) is 4.89. The van der Waals surface area contributed by atoms with Crippen LogP contribution in [0.15, 0.2) is 35.6 Å². The molecule has 0 spiro atoms. The average molecular weight is 280 g/mol. The fraction of sp³-hybridized carbons (Fsp3) is 0.467. The standard InChI is InChI=1S/C15H20O5/c1-4-5-6-7-8-15(3)13(17)12(14(18)19)11(20-15)9-10(2)16/h5-8,10,16H,4,9H2,1-3H3,(H,18,19)/b6-5+,8-7+/t10?,15-/m0/s1. The molecule has 0 radical (unpaired) electrons. The number of rotatable bonds is 6. The molecule has 0 aromatic rings. The third kappa shape index (κ3) is 3.57. The van der Waals surface area contributed by atoms with E-state index in [9.17, 15) is 14.7 Å². The van der Waals surface area contributed by atoms with Gasteiger partial charge in [0, 0.05) is 6.42 Å². The summed E-state index contributed by atoms with van der Waals surface area (Å²) in [6, 6.07) is 0. The van der Waals surface area contributed by atoms with Gasteiger partial charge in [0.05, 0.1) is 6.10 Å². The molecule has 0 fully saturated rings. The van der Waals surface area contributed by atoms with Crippen molar-refractivity contribution in [2.75, 3.05) is 0 Å². The molecule has 2 N–H and O–H groups in total. The van der Waals surface area contributed by atoms with Crippen molar-refractivity contribution >= 4 is 11.8 Å². The molecule has 1 rings (SSSR count). The third-order valence-electron chi connectivity index (χ3n) is 2.88. The number of carboxylic acid groups (broad SMARTS) is 1. The van der Waals surface area contributed by atoms with Gasteiger partial charge < -0.3 is 14.9 Å². The number of Topliss-reactive ketones (excluding diaryl/α,β-unsaturated/α-hetero) is 1. The molecule has 5 heteroatoms. The summed E-state index contributed by atoms with van der Waals surface area (Å²) in [5.41, 5.74) is -1.70. The largest absolute Gasteiger partial charge is 0.478 e. The fourth-order valence-electron chi connectivity index (χ4n) is 1.92. The summed E-state index contributed by atoms with van der Waals surface area (Å²) >= 11 is 0. The van der Waals surface area contributed by atoms with E-state index in [0.29, 0.717) is 0 Å². The van der Waals surface area contributed by atoms with Gasteiger partial charge in [0.25, 0.3) is 0 Å². The molecule has 0 amide bonds. The minimum absolute atomic E-state index is 0.00159. The van der Waals surface area contributed by atoms with E-state index in [1.165, 1.54) is 19.9 Å². The van der Waals surface area contributed by atoms with Crippen LogP contribution in [0, 0.1) is 0 Å². The molecule has 20 heavy (non-hydrogen) atoms. The van der Waals surface area contributed by atoms with E-state index >= 15 is 0 Å². The number of carbonyl (C=O) groups excluding carboxylic acids is 1. The van der Waals surface area contributed by atoms with Crippen molar-refractivity contribution in [3.8, 4) is 0 Å². The summed E-state index contributed by atoms with van der Waals surface area (Å²) in [5, 5.41) is 18.5. The molecule has 0 aromatic carbocycles. The van der Waals surface area contributed by atoms with Crippen molar-refractivity contribution in [1.29, 1.82) is 0 Å². The number of hydrogen-bond acceptors (Lipinski definition) is 4. The Balaban J connectivity index is 3.02. The number of ketones is 1. The number of allylic oxidation sites excluding steroid dienone is 3. The molecule has 0 saturated heterocycles. The van der Waals surface area contributed by atoms with Crippen molar-refractivity contribution in [2.45, 2.75) is 45.3 Å². The summed E-state index contributed by atoms with van der Waals surface area (Å²) in [5.74, 6) is -1.89. The molecule has 110 valence electrons. The van der Waals surface area contributed by atoms with Crippen LogP contribution in [0.25, 0.3) is 0 Å². The highest BCUT2D eigenvalue weighted by molar-refractivity contribution is 6.22. The SMILES string of the molecule is CC/C=C/C=C/[C@]1(C)OC(CC(C)O)=C(C(=O)O)C1=O. The minimum atomic E-state index is -1.33. The van der Waals surface area contributed by atoms with E-state index in [-0.39, 0.29) is 17.8 Å². The molecule has 1 aliphatic rings. The number of carboxylic acids is 1. The lowest BCUT2D eigenvalue weighted by molar-refractivity contribution is -0.135. The van der Waals surface area contributed by atoms with Crippen LogP contribution in [0.3, 0.4) is 0 Å². The summed E-state index contributed by atoms with van der Waals surface area (Å²) in [6.45, 7) is 5.01. The Kier molecular flexibility index (Phi) is 5.27. The molecule has 1 unspecified atom stereocenters. The van der Waals surface area contributed by atoms with Crippen LogP contribution >= 0.6 is 0 Å². The van der Waals surface area contributed by atoms with Gasteiger partial charge in [0.2, 0.25) is 5.78 Å². The van der Waals surface area contributed by atoms with Crippen molar-refractivity contribution in [3.05, 3.63) is 35.6 Å². The Morgan fingerprint density at radius 2 is 2.10 bits per heavy atom. The molecule has 0 aliphatic carbocycles. The predicted octanol–water partition coefficient (Wildman–Crippen LogP) is 1.98. The van der Waals surface area contributed by atoms with Crippen LogP contribution in [-0.2, 0) is 14.3 Å². The van der Waals surface area contributed by atoms with Crippen LogP contribution in [0.2, 0.25) is 0 Å². The van der Waals surface area contributed by atoms with Gasteiger partial charge in [-0.2, -0.15) is 0 Å². The van der Waals surface area contributed by atoms with Crippen molar-refractivity contribution in [3.63, 3.8) is 0 Å². The van der Waals surface area contributed by atoms with Gasteiger partial charge >= 0.3 is 5.97 Å². The molecular formula is C15H20O5. The Morgan fingerprint density at radius 1 is 1.45 bits per heavy atom. The Morgan fingerprint density at radius 3 is 2.60 bits per heavy atom. The van der Waals surface area contributed by atoms with Crippen LogP contribution in [-0.4, -0.2) is 33.7 Å². The summed E-state index contributed by atoms with van der Waals surface area (Å²) in [4.78, 5) is 23.4. The highest BCUT2D eigenvalue weighted by atomic mass is 16.5. The van der Waals surface area contributed by atoms with Crippen LogP contribution in [0.1, 0.15) is 33.6 Å². The van der Waals surface area contributed by atoms with E-state index < -0.39 is 23.5 Å². The molecule has 0 bridgehead atoms. The zero-order valence-corrected chi connectivity index (χ0v) is 11.9. The van der Waals surface area contributed by atoms with E-state index in [2.05, 4.69) is 0 Å². The number of aliphatic carboxylic acids is 1. The van der Waals surface area contributed by atoms with Gasteiger partial charge in [0.1, 0.15) is 11.3 Å². The molecule has 0 aromatic heterocycles. The van der Waals surface area contributed by atoms with Crippen molar-refractivity contribution in [1.82, 2.24) is 0 Å². The third-order valence-corrected chi connectivity index (χ3v) is 2.88. The highest BCUT2D eigenvalue weighted by Crippen LogP contribution is 2.34. The smallest absolute Gasteiger partial charge is 0.342 e. The number of hydrogen-bond donors (Lipinski definition) is 2. The summed E-state index contributed by atoms with van der Waals surface area (Å²) in [6.07, 6.45) is 6.95. The first kappa shape index (κ1) is 16.2. The fourth-order valence-corrected chi connectivity index (χ4v) is 1.92. The molecule has 0 saturated carbocycles. The lowest BCUT2D eigenvalue weighted by Gasteiger charge is -2.19. The Hall–Kier alpha value is -1.88. The van der Waals surface area contributed by atoms with Gasteiger partial charge in [-0.15, -0.1) is 0 Å². The maximum absolute atomic E-state index is 12.2. The minimum Gasteiger partial charge on any atom is -0.478 e. The first-order valence-electron chi connectivity index (χ1n) is 6.54. The van der Waals surface area contributed by atoms with Crippen LogP contribution < -0.4 is 0 Å². The van der Waals surface area contributed by atoms with Crippen LogP contribution in [0.4, 0.5) is 0 Å². The van der Waals surface area contributed by atoms with Gasteiger partial charge in [-0.3, -0.25) is 4.79 Å². The molecule has 1 aliphatic heterocycles. The van der Waals surface area contributed by atoms with Crippen molar-refractivity contribution in [2.24, 2.45) is 0 Å². The first-order chi connectivity index (χ1) is 9.31. The zero-order chi connectivity index (χ0) is 15.3. The highest BCUT2D eigenvalue weighted by Gasteiger charge is 2.46. The molecular weight excluding hydrogens is 260 g/mol. The Bertz CT molecular complexity index is 484. The topological polar surface area (TPSA) is 83.8 Å². The quantitative estimate of drug-likeness (QED) is 0.574. The molecule has 5 nitrogen and oxygen atoms in total. The maximum atomic E-state index is 12.2. The van der Waals surface area contributed by atoms with Crippen molar-refractivity contribution < 1.29 is 24.5 Å². The van der Waals surface area contributed by atoms with E-state index in [0.717, 1.165) is 6.42 Å². The van der Waals surface area contributed by atoms with E-state index in [1.807, 2.05) is 13.0 Å².